The largest absolute Gasteiger partial charge is 0.390 e. The maximum absolute atomic E-state index is 12.6. The summed E-state index contributed by atoms with van der Waals surface area (Å²) >= 11 is 0. The zero-order valence-electron chi connectivity index (χ0n) is 12.3. The number of aliphatic hydroxyl groups is 1. The molecule has 0 aromatic carbocycles. The highest BCUT2D eigenvalue weighted by atomic mass is 16.3. The first-order chi connectivity index (χ1) is 8.91. The number of rotatable bonds is 1. The van der Waals surface area contributed by atoms with Crippen LogP contribution in [0.15, 0.2) is 0 Å². The highest BCUT2D eigenvalue weighted by Crippen LogP contribution is 2.30. The average molecular weight is 268 g/mol. The minimum atomic E-state index is -0.614. The van der Waals surface area contributed by atoms with Gasteiger partial charge in [-0.3, -0.25) is 4.79 Å². The van der Waals surface area contributed by atoms with E-state index in [1.165, 1.54) is 0 Å². The van der Waals surface area contributed by atoms with Crippen LogP contribution in [0.1, 0.15) is 52.4 Å². The van der Waals surface area contributed by atoms with Crippen molar-refractivity contribution in [2.45, 2.75) is 64.0 Å². The van der Waals surface area contributed by atoms with Crippen molar-refractivity contribution in [1.82, 2.24) is 4.90 Å². The number of nitrogens with zero attached hydrogens (tertiary/aromatic N) is 1. The Morgan fingerprint density at radius 2 is 2.00 bits per heavy atom. The second-order valence-electron chi connectivity index (χ2n) is 6.77. The number of hydrogen-bond donors (Lipinski definition) is 2. The maximum Gasteiger partial charge on any atom is 0.227 e. The van der Waals surface area contributed by atoms with Crippen LogP contribution in [-0.4, -0.2) is 40.6 Å². The van der Waals surface area contributed by atoms with Gasteiger partial charge in [-0.25, -0.2) is 0 Å². The van der Waals surface area contributed by atoms with E-state index >= 15 is 0 Å². The monoisotopic (exact) mass is 268 g/mol. The van der Waals surface area contributed by atoms with Crippen molar-refractivity contribution in [3.05, 3.63) is 0 Å². The summed E-state index contributed by atoms with van der Waals surface area (Å²) in [6.45, 7) is 5.46. The summed E-state index contributed by atoms with van der Waals surface area (Å²) in [5.41, 5.74) is 5.61. The molecule has 0 bridgehead atoms. The van der Waals surface area contributed by atoms with Crippen LogP contribution >= 0.6 is 0 Å². The van der Waals surface area contributed by atoms with Crippen LogP contribution in [0.3, 0.4) is 0 Å². The van der Waals surface area contributed by atoms with Crippen LogP contribution in [0.25, 0.3) is 0 Å². The Kier molecular flexibility index (Phi) is 4.51. The molecule has 0 aromatic heterocycles. The maximum atomic E-state index is 12.6. The van der Waals surface area contributed by atoms with Gasteiger partial charge in [0.05, 0.1) is 11.5 Å². The summed E-state index contributed by atoms with van der Waals surface area (Å²) in [4.78, 5) is 14.6. The van der Waals surface area contributed by atoms with E-state index in [0.717, 1.165) is 38.6 Å². The molecule has 0 spiro atoms. The molecule has 0 radical (unpaired) electrons. The molecule has 3 N–H and O–H groups in total. The zero-order chi connectivity index (χ0) is 14.0. The Morgan fingerprint density at radius 3 is 2.74 bits per heavy atom. The third kappa shape index (κ3) is 3.48. The van der Waals surface area contributed by atoms with Gasteiger partial charge in [0.25, 0.3) is 0 Å². The van der Waals surface area contributed by atoms with Gasteiger partial charge in [-0.05, 0) is 44.9 Å². The van der Waals surface area contributed by atoms with E-state index in [-0.39, 0.29) is 17.9 Å². The number of hydrogen-bond acceptors (Lipinski definition) is 3. The third-order valence-electron chi connectivity index (χ3n) is 4.99. The lowest BCUT2D eigenvalue weighted by Crippen LogP contribution is -2.49. The number of amides is 1. The Hall–Kier alpha value is -0.610. The van der Waals surface area contributed by atoms with Gasteiger partial charge in [-0.1, -0.05) is 13.3 Å². The molecule has 1 saturated heterocycles. The molecule has 2 aliphatic rings. The van der Waals surface area contributed by atoms with Gasteiger partial charge in [0, 0.05) is 19.1 Å². The quantitative estimate of drug-likeness (QED) is 0.757. The van der Waals surface area contributed by atoms with Gasteiger partial charge in [-0.15, -0.1) is 0 Å². The predicted molar refractivity (Wildman–Crippen MR) is 75.5 cm³/mol. The lowest BCUT2D eigenvalue weighted by atomic mass is 9.77. The van der Waals surface area contributed by atoms with Crippen molar-refractivity contribution in [3.8, 4) is 0 Å². The first kappa shape index (κ1) is 14.8. The van der Waals surface area contributed by atoms with E-state index in [4.69, 9.17) is 5.73 Å². The predicted octanol–water partition coefficient (Wildman–Crippen LogP) is 1.51. The fourth-order valence-corrected chi connectivity index (χ4v) is 3.45. The molecule has 4 unspecified atom stereocenters. The molecular weight excluding hydrogens is 240 g/mol. The van der Waals surface area contributed by atoms with Crippen LogP contribution in [0.5, 0.6) is 0 Å². The number of carbonyl (C=O) groups is 1. The van der Waals surface area contributed by atoms with Crippen molar-refractivity contribution in [2.75, 3.05) is 13.1 Å². The van der Waals surface area contributed by atoms with E-state index in [2.05, 4.69) is 6.92 Å². The SMILES string of the molecule is CC1CCCC(C(=O)N2CCCC(C)(O)CC2)C1N. The molecule has 4 heteroatoms. The van der Waals surface area contributed by atoms with E-state index in [0.29, 0.717) is 18.9 Å². The molecular formula is C15H28N2O2. The lowest BCUT2D eigenvalue weighted by molar-refractivity contribution is -0.137. The zero-order valence-corrected chi connectivity index (χ0v) is 12.3. The van der Waals surface area contributed by atoms with Crippen molar-refractivity contribution < 1.29 is 9.90 Å². The van der Waals surface area contributed by atoms with Crippen LogP contribution in [0.2, 0.25) is 0 Å². The lowest BCUT2D eigenvalue weighted by Gasteiger charge is -2.36. The topological polar surface area (TPSA) is 66.6 Å². The second-order valence-corrected chi connectivity index (χ2v) is 6.77. The number of nitrogens with two attached hydrogens (primary N) is 1. The van der Waals surface area contributed by atoms with Gasteiger partial charge in [0.2, 0.25) is 5.91 Å². The molecule has 4 atom stereocenters. The third-order valence-corrected chi connectivity index (χ3v) is 4.99. The first-order valence-corrected chi connectivity index (χ1v) is 7.67. The minimum Gasteiger partial charge on any atom is -0.390 e. The van der Waals surface area contributed by atoms with Gasteiger partial charge in [0.15, 0.2) is 0 Å². The molecule has 1 amide bonds. The summed E-state index contributed by atoms with van der Waals surface area (Å²) < 4.78 is 0. The van der Waals surface area contributed by atoms with E-state index in [1.807, 2.05) is 11.8 Å². The molecule has 1 saturated carbocycles. The van der Waals surface area contributed by atoms with Crippen molar-refractivity contribution in [3.63, 3.8) is 0 Å². The summed E-state index contributed by atoms with van der Waals surface area (Å²) in [6.07, 6.45) is 5.52. The summed E-state index contributed by atoms with van der Waals surface area (Å²) in [7, 11) is 0. The molecule has 0 aromatic rings. The Balaban J connectivity index is 1.99. The van der Waals surface area contributed by atoms with Crippen molar-refractivity contribution in [1.29, 1.82) is 0 Å². The smallest absolute Gasteiger partial charge is 0.227 e. The second kappa shape index (κ2) is 5.80. The minimum absolute atomic E-state index is 0.00464. The molecule has 2 fully saturated rings. The van der Waals surface area contributed by atoms with Gasteiger partial charge in [-0.2, -0.15) is 0 Å². The molecule has 4 nitrogen and oxygen atoms in total. The van der Waals surface area contributed by atoms with E-state index < -0.39 is 5.60 Å². The van der Waals surface area contributed by atoms with Gasteiger partial charge in [0.1, 0.15) is 0 Å². The average Bonchev–Trinajstić information content (AvgIpc) is 2.53. The highest BCUT2D eigenvalue weighted by molar-refractivity contribution is 5.79. The molecule has 110 valence electrons. The standard InChI is InChI=1S/C15H28N2O2/c1-11-5-3-6-12(13(11)16)14(18)17-9-4-7-15(2,19)8-10-17/h11-13,19H,3-10,16H2,1-2H3. The van der Waals surface area contributed by atoms with Gasteiger partial charge >= 0.3 is 0 Å². The van der Waals surface area contributed by atoms with Crippen LogP contribution in [0, 0.1) is 11.8 Å². The summed E-state index contributed by atoms with van der Waals surface area (Å²) in [6, 6.07) is 0.00464. The van der Waals surface area contributed by atoms with E-state index in [1.54, 1.807) is 0 Å². The Morgan fingerprint density at radius 1 is 1.26 bits per heavy atom. The fraction of sp³-hybridized carbons (Fsp3) is 0.933. The molecule has 1 aliphatic heterocycles. The van der Waals surface area contributed by atoms with Gasteiger partial charge < -0.3 is 15.7 Å². The fourth-order valence-electron chi connectivity index (χ4n) is 3.45. The molecule has 2 rings (SSSR count). The summed E-state index contributed by atoms with van der Waals surface area (Å²) in [5, 5.41) is 10.1. The highest BCUT2D eigenvalue weighted by Gasteiger charge is 2.36. The molecule has 1 aliphatic carbocycles. The Bertz CT molecular complexity index is 330. The number of likely N-dealkylation sites (tertiary alicyclic amines) is 1. The van der Waals surface area contributed by atoms with Crippen molar-refractivity contribution in [2.24, 2.45) is 17.6 Å². The van der Waals surface area contributed by atoms with E-state index in [9.17, 15) is 9.90 Å². The normalized spacial score (nSPS) is 40.8. The summed E-state index contributed by atoms with van der Waals surface area (Å²) in [5.74, 6) is 0.654. The van der Waals surface area contributed by atoms with Crippen LogP contribution in [-0.2, 0) is 4.79 Å². The number of carbonyl (C=O) groups excluding carboxylic acids is 1. The molecule has 1 heterocycles. The molecule has 19 heavy (non-hydrogen) atoms. The van der Waals surface area contributed by atoms with Crippen LogP contribution < -0.4 is 5.73 Å². The Labute approximate surface area is 116 Å². The van der Waals surface area contributed by atoms with Crippen molar-refractivity contribution >= 4 is 5.91 Å². The van der Waals surface area contributed by atoms with Crippen LogP contribution in [0.4, 0.5) is 0 Å². The first-order valence-electron chi connectivity index (χ1n) is 7.67.